The lowest BCUT2D eigenvalue weighted by Gasteiger charge is -2.25. The van der Waals surface area contributed by atoms with Crippen LogP contribution in [0.5, 0.6) is 5.75 Å². The van der Waals surface area contributed by atoms with Crippen molar-refractivity contribution in [3.8, 4) is 5.75 Å². The maximum absolute atomic E-state index is 12.8. The molecule has 0 spiro atoms. The summed E-state index contributed by atoms with van der Waals surface area (Å²) >= 11 is 1.44. The van der Waals surface area contributed by atoms with Crippen LogP contribution >= 0.6 is 11.3 Å². The van der Waals surface area contributed by atoms with Gasteiger partial charge in [-0.3, -0.25) is 9.36 Å². The lowest BCUT2D eigenvalue weighted by molar-refractivity contribution is 0.340. The van der Waals surface area contributed by atoms with E-state index in [4.69, 9.17) is 4.74 Å². The normalized spacial score (nSPS) is 14.0. The Labute approximate surface area is 161 Å². The molecule has 1 aliphatic rings. The summed E-state index contributed by atoms with van der Waals surface area (Å²) in [6.45, 7) is 5.75. The number of nitrogens with zero attached hydrogens (tertiary/aromatic N) is 3. The van der Waals surface area contributed by atoms with Crippen LogP contribution in [-0.4, -0.2) is 17.8 Å². The van der Waals surface area contributed by atoms with Gasteiger partial charge < -0.3 is 9.64 Å². The van der Waals surface area contributed by atoms with Crippen LogP contribution in [0.2, 0.25) is 0 Å². The fourth-order valence-corrected chi connectivity index (χ4v) is 3.97. The molecule has 0 saturated carbocycles. The Bertz CT molecular complexity index is 1110. The number of thiazole rings is 1. The van der Waals surface area contributed by atoms with E-state index in [9.17, 15) is 4.79 Å². The van der Waals surface area contributed by atoms with Crippen molar-refractivity contribution >= 4 is 23.1 Å². The van der Waals surface area contributed by atoms with Crippen LogP contribution in [0.4, 0.5) is 5.69 Å². The van der Waals surface area contributed by atoms with Crippen molar-refractivity contribution in [2.75, 3.05) is 18.2 Å². The van der Waals surface area contributed by atoms with Crippen molar-refractivity contribution in [3.05, 3.63) is 79.3 Å². The molecule has 3 aromatic rings. The SMILES string of the molecule is CCOc1ccc(C=c2sc3n(c2=O)CN(c2ccc(C)cc2)CN=3)cc1. The highest BCUT2D eigenvalue weighted by molar-refractivity contribution is 7.07. The Morgan fingerprint density at radius 1 is 1.15 bits per heavy atom. The zero-order chi connectivity index (χ0) is 18.8. The number of ether oxygens (including phenoxy) is 1. The van der Waals surface area contributed by atoms with E-state index in [1.807, 2.05) is 37.3 Å². The number of anilines is 1. The van der Waals surface area contributed by atoms with E-state index in [-0.39, 0.29) is 5.56 Å². The molecule has 0 atom stereocenters. The first-order valence-corrected chi connectivity index (χ1v) is 9.76. The van der Waals surface area contributed by atoms with Crippen LogP contribution in [0.1, 0.15) is 18.1 Å². The third-order valence-corrected chi connectivity index (χ3v) is 5.51. The Hall–Kier alpha value is -2.86. The number of hydrogen-bond donors (Lipinski definition) is 0. The van der Waals surface area contributed by atoms with Gasteiger partial charge in [0.1, 0.15) is 19.1 Å². The molecule has 5 nitrogen and oxygen atoms in total. The zero-order valence-electron chi connectivity index (χ0n) is 15.4. The van der Waals surface area contributed by atoms with Crippen LogP contribution in [0, 0.1) is 6.92 Å². The number of benzene rings is 2. The molecule has 2 heterocycles. The van der Waals surface area contributed by atoms with Gasteiger partial charge in [0.05, 0.1) is 11.1 Å². The first-order chi connectivity index (χ1) is 13.1. The van der Waals surface area contributed by atoms with E-state index >= 15 is 0 Å². The molecule has 0 fully saturated rings. The highest BCUT2D eigenvalue weighted by atomic mass is 32.1. The number of hydrogen-bond acceptors (Lipinski definition) is 5. The van der Waals surface area contributed by atoms with Gasteiger partial charge in [0.2, 0.25) is 0 Å². The highest BCUT2D eigenvalue weighted by Gasteiger charge is 2.15. The molecule has 138 valence electrons. The van der Waals surface area contributed by atoms with Gasteiger partial charge in [0.15, 0.2) is 4.80 Å². The van der Waals surface area contributed by atoms with Gasteiger partial charge in [0, 0.05) is 5.69 Å². The van der Waals surface area contributed by atoms with Gasteiger partial charge in [-0.05, 0) is 49.8 Å². The van der Waals surface area contributed by atoms with E-state index in [1.165, 1.54) is 16.9 Å². The minimum Gasteiger partial charge on any atom is -0.494 e. The molecular formula is C21H21N3O2S. The minimum atomic E-state index is 0.00412. The Morgan fingerprint density at radius 2 is 1.89 bits per heavy atom. The standard InChI is InChI=1S/C21H21N3O2S/c1-3-26-18-10-6-16(7-11-18)12-19-20(25)24-14-23(13-22-21(24)27-19)17-8-4-15(2)5-9-17/h4-12H,3,13-14H2,1-2H3. The predicted molar refractivity (Wildman–Crippen MR) is 109 cm³/mol. The average Bonchev–Trinajstić information content (AvgIpc) is 2.99. The summed E-state index contributed by atoms with van der Waals surface area (Å²) in [5.41, 5.74) is 3.27. The smallest absolute Gasteiger partial charge is 0.271 e. The number of aryl methyl sites for hydroxylation is 1. The largest absolute Gasteiger partial charge is 0.494 e. The van der Waals surface area contributed by atoms with E-state index in [2.05, 4.69) is 41.1 Å². The molecule has 2 aromatic carbocycles. The second-order valence-corrected chi connectivity index (χ2v) is 7.45. The monoisotopic (exact) mass is 379 g/mol. The molecule has 0 N–H and O–H groups in total. The topological polar surface area (TPSA) is 46.8 Å². The molecule has 0 unspecified atom stereocenters. The molecule has 1 aromatic heterocycles. The quantitative estimate of drug-likeness (QED) is 0.700. The molecule has 1 aliphatic heterocycles. The van der Waals surface area contributed by atoms with Crippen molar-refractivity contribution in [1.29, 1.82) is 0 Å². The number of fused-ring (bicyclic) bond motifs is 1. The molecule has 27 heavy (non-hydrogen) atoms. The molecule has 0 bridgehead atoms. The highest BCUT2D eigenvalue weighted by Crippen LogP contribution is 2.16. The molecule has 0 aliphatic carbocycles. The van der Waals surface area contributed by atoms with Crippen molar-refractivity contribution in [3.63, 3.8) is 0 Å². The number of rotatable bonds is 4. The lowest BCUT2D eigenvalue weighted by Crippen LogP contribution is -2.42. The summed E-state index contributed by atoms with van der Waals surface area (Å²) in [4.78, 5) is 20.3. The summed E-state index contributed by atoms with van der Waals surface area (Å²) in [7, 11) is 0. The van der Waals surface area contributed by atoms with Crippen LogP contribution in [-0.2, 0) is 6.67 Å². The van der Waals surface area contributed by atoms with Gasteiger partial charge in [0.25, 0.3) is 5.56 Å². The van der Waals surface area contributed by atoms with E-state index in [1.54, 1.807) is 4.57 Å². The molecular weight excluding hydrogens is 358 g/mol. The zero-order valence-corrected chi connectivity index (χ0v) is 16.2. The molecule has 0 amide bonds. The first kappa shape index (κ1) is 17.5. The van der Waals surface area contributed by atoms with E-state index in [0.29, 0.717) is 24.5 Å². The van der Waals surface area contributed by atoms with E-state index in [0.717, 1.165) is 21.8 Å². The number of aromatic nitrogens is 1. The van der Waals surface area contributed by atoms with Crippen molar-refractivity contribution in [1.82, 2.24) is 4.57 Å². The van der Waals surface area contributed by atoms with Crippen molar-refractivity contribution in [2.45, 2.75) is 20.5 Å². The maximum atomic E-state index is 12.8. The van der Waals surface area contributed by atoms with Gasteiger partial charge in [-0.1, -0.05) is 41.2 Å². The fourth-order valence-electron chi connectivity index (χ4n) is 3.01. The van der Waals surface area contributed by atoms with Gasteiger partial charge in [-0.25, -0.2) is 4.99 Å². The Morgan fingerprint density at radius 3 is 2.59 bits per heavy atom. The maximum Gasteiger partial charge on any atom is 0.271 e. The van der Waals surface area contributed by atoms with Gasteiger partial charge >= 0.3 is 0 Å². The lowest BCUT2D eigenvalue weighted by atomic mass is 10.2. The summed E-state index contributed by atoms with van der Waals surface area (Å²) in [6, 6.07) is 16.1. The van der Waals surface area contributed by atoms with Crippen LogP contribution in [0.25, 0.3) is 6.08 Å². The second-order valence-electron chi connectivity index (χ2n) is 6.44. The molecule has 4 rings (SSSR count). The average molecular weight is 379 g/mol. The summed E-state index contributed by atoms with van der Waals surface area (Å²) in [6.07, 6.45) is 1.92. The van der Waals surface area contributed by atoms with Crippen LogP contribution < -0.4 is 24.5 Å². The van der Waals surface area contributed by atoms with Crippen molar-refractivity contribution < 1.29 is 4.74 Å². The molecule has 0 radical (unpaired) electrons. The summed E-state index contributed by atoms with van der Waals surface area (Å²) in [5.74, 6) is 0.834. The Kier molecular flexibility index (Phi) is 4.81. The second kappa shape index (κ2) is 7.40. The minimum absolute atomic E-state index is 0.00412. The predicted octanol–water partition coefficient (Wildman–Crippen LogP) is 2.50. The summed E-state index contributed by atoms with van der Waals surface area (Å²) in [5, 5.41) is 0. The van der Waals surface area contributed by atoms with Gasteiger partial charge in [-0.15, -0.1) is 0 Å². The third-order valence-electron chi connectivity index (χ3n) is 4.46. The molecule has 6 heteroatoms. The summed E-state index contributed by atoms with van der Waals surface area (Å²) < 4.78 is 7.91. The third kappa shape index (κ3) is 3.66. The van der Waals surface area contributed by atoms with Gasteiger partial charge in [-0.2, -0.15) is 0 Å². The first-order valence-electron chi connectivity index (χ1n) is 8.94. The Balaban J connectivity index is 1.64. The molecule has 0 saturated heterocycles. The fraction of sp³-hybridized carbons (Fsp3) is 0.238. The van der Waals surface area contributed by atoms with Crippen LogP contribution in [0.3, 0.4) is 0 Å². The van der Waals surface area contributed by atoms with Crippen LogP contribution in [0.15, 0.2) is 58.3 Å². The van der Waals surface area contributed by atoms with Crippen molar-refractivity contribution in [2.24, 2.45) is 4.99 Å². The van der Waals surface area contributed by atoms with E-state index < -0.39 is 0 Å².